The normalized spacial score (nSPS) is 17.1. The van der Waals surface area contributed by atoms with Gasteiger partial charge in [-0.3, -0.25) is 0 Å². The van der Waals surface area contributed by atoms with Crippen LogP contribution in [0.2, 0.25) is 0 Å². The van der Waals surface area contributed by atoms with Crippen molar-refractivity contribution in [3.8, 4) is 0 Å². The molecule has 0 bridgehead atoms. The van der Waals surface area contributed by atoms with Crippen molar-refractivity contribution < 1.29 is 4.74 Å². The first-order valence-electron chi connectivity index (χ1n) is 7.08. The standard InChI is InChI=1S/C14H25N5O/c1-10-11(15-5)16-13(14(2,3)4)17-12(10)18-19-6-8-20-9-7-19/h6-9H2,1-5H3,(H2,15,16,17,18). The Morgan fingerprint density at radius 2 is 1.70 bits per heavy atom. The predicted molar refractivity (Wildman–Crippen MR) is 81.0 cm³/mol. The predicted octanol–water partition coefficient (Wildman–Crippen LogP) is 1.78. The van der Waals surface area contributed by atoms with E-state index in [0.29, 0.717) is 0 Å². The van der Waals surface area contributed by atoms with Crippen molar-refractivity contribution in [3.63, 3.8) is 0 Å². The highest BCUT2D eigenvalue weighted by atomic mass is 16.5. The molecule has 1 saturated heterocycles. The molecule has 0 spiro atoms. The molecule has 1 fully saturated rings. The lowest BCUT2D eigenvalue weighted by atomic mass is 9.95. The molecule has 0 radical (unpaired) electrons. The van der Waals surface area contributed by atoms with Gasteiger partial charge < -0.3 is 15.5 Å². The number of nitrogens with one attached hydrogen (secondary N) is 2. The van der Waals surface area contributed by atoms with E-state index < -0.39 is 0 Å². The molecule has 20 heavy (non-hydrogen) atoms. The molecule has 1 aliphatic heterocycles. The van der Waals surface area contributed by atoms with Crippen LogP contribution >= 0.6 is 0 Å². The maximum atomic E-state index is 5.36. The monoisotopic (exact) mass is 279 g/mol. The summed E-state index contributed by atoms with van der Waals surface area (Å²) in [4.78, 5) is 9.31. The topological polar surface area (TPSA) is 62.3 Å². The average molecular weight is 279 g/mol. The van der Waals surface area contributed by atoms with Crippen molar-refractivity contribution in [1.82, 2.24) is 15.0 Å². The molecule has 2 rings (SSSR count). The number of rotatable bonds is 3. The SMILES string of the molecule is CNc1nc(C(C)(C)C)nc(NN2CCOCC2)c1C. The number of hydrazine groups is 1. The third-order valence-electron chi connectivity index (χ3n) is 3.33. The van der Waals surface area contributed by atoms with Crippen LogP contribution in [0.1, 0.15) is 32.2 Å². The highest BCUT2D eigenvalue weighted by Crippen LogP contribution is 2.26. The summed E-state index contributed by atoms with van der Waals surface area (Å²) in [5.41, 5.74) is 4.35. The highest BCUT2D eigenvalue weighted by molar-refractivity contribution is 5.57. The molecule has 2 heterocycles. The second-order valence-electron chi connectivity index (χ2n) is 6.08. The van der Waals surface area contributed by atoms with Crippen LogP contribution in [0.15, 0.2) is 0 Å². The summed E-state index contributed by atoms with van der Waals surface area (Å²) < 4.78 is 5.36. The van der Waals surface area contributed by atoms with Crippen molar-refractivity contribution in [2.75, 3.05) is 44.1 Å². The summed E-state index contributed by atoms with van der Waals surface area (Å²) in [7, 11) is 1.89. The molecule has 2 N–H and O–H groups in total. The first kappa shape index (κ1) is 15.0. The van der Waals surface area contributed by atoms with Gasteiger partial charge in [-0.25, -0.2) is 15.0 Å². The molecule has 6 heteroatoms. The zero-order valence-electron chi connectivity index (χ0n) is 13.1. The Morgan fingerprint density at radius 1 is 1.10 bits per heavy atom. The Balaban J connectivity index is 2.30. The zero-order chi connectivity index (χ0) is 14.8. The molecule has 1 aromatic rings. The second-order valence-corrected chi connectivity index (χ2v) is 6.08. The van der Waals surface area contributed by atoms with Crippen LogP contribution in [0.25, 0.3) is 0 Å². The van der Waals surface area contributed by atoms with E-state index in [1.54, 1.807) is 0 Å². The van der Waals surface area contributed by atoms with E-state index in [1.807, 2.05) is 14.0 Å². The van der Waals surface area contributed by atoms with Gasteiger partial charge in [-0.15, -0.1) is 0 Å². The van der Waals surface area contributed by atoms with Crippen molar-refractivity contribution in [2.24, 2.45) is 0 Å². The first-order valence-corrected chi connectivity index (χ1v) is 7.08. The van der Waals surface area contributed by atoms with Gasteiger partial charge in [-0.1, -0.05) is 20.8 Å². The fraction of sp³-hybridized carbons (Fsp3) is 0.714. The number of anilines is 2. The molecule has 0 unspecified atom stereocenters. The number of aromatic nitrogens is 2. The number of hydrogen-bond donors (Lipinski definition) is 2. The van der Waals surface area contributed by atoms with Crippen LogP contribution in [-0.2, 0) is 10.2 Å². The molecule has 0 atom stereocenters. The van der Waals surface area contributed by atoms with Crippen molar-refractivity contribution in [3.05, 3.63) is 11.4 Å². The lowest BCUT2D eigenvalue weighted by Crippen LogP contribution is -2.41. The highest BCUT2D eigenvalue weighted by Gasteiger charge is 2.22. The van der Waals surface area contributed by atoms with Gasteiger partial charge >= 0.3 is 0 Å². The summed E-state index contributed by atoms with van der Waals surface area (Å²) >= 11 is 0. The molecule has 1 aromatic heterocycles. The molecule has 0 aromatic carbocycles. The maximum absolute atomic E-state index is 5.36. The second kappa shape index (κ2) is 5.93. The molecule has 0 saturated carbocycles. The maximum Gasteiger partial charge on any atom is 0.149 e. The smallest absolute Gasteiger partial charge is 0.149 e. The van der Waals surface area contributed by atoms with Gasteiger partial charge in [0.25, 0.3) is 0 Å². The van der Waals surface area contributed by atoms with Crippen LogP contribution in [0, 0.1) is 6.92 Å². The Kier molecular flexibility index (Phi) is 4.45. The third-order valence-corrected chi connectivity index (χ3v) is 3.33. The number of hydrogen-bond acceptors (Lipinski definition) is 6. The van der Waals surface area contributed by atoms with Crippen molar-refractivity contribution >= 4 is 11.6 Å². The van der Waals surface area contributed by atoms with Gasteiger partial charge in [-0.2, -0.15) is 0 Å². The van der Waals surface area contributed by atoms with E-state index in [4.69, 9.17) is 9.72 Å². The minimum Gasteiger partial charge on any atom is -0.379 e. The van der Waals surface area contributed by atoms with E-state index in [-0.39, 0.29) is 5.41 Å². The summed E-state index contributed by atoms with van der Waals surface area (Å²) in [6.07, 6.45) is 0. The van der Waals surface area contributed by atoms with E-state index in [9.17, 15) is 0 Å². The van der Waals surface area contributed by atoms with Gasteiger partial charge in [0, 0.05) is 31.1 Å². The minimum atomic E-state index is -0.0826. The molecule has 112 valence electrons. The number of morpholine rings is 1. The zero-order valence-corrected chi connectivity index (χ0v) is 13.1. The Bertz CT molecular complexity index is 463. The number of nitrogens with zero attached hydrogens (tertiary/aromatic N) is 3. The van der Waals surface area contributed by atoms with Crippen LogP contribution in [-0.4, -0.2) is 48.3 Å². The van der Waals surface area contributed by atoms with Gasteiger partial charge in [-0.05, 0) is 6.92 Å². The first-order chi connectivity index (χ1) is 9.41. The van der Waals surface area contributed by atoms with Crippen molar-refractivity contribution in [2.45, 2.75) is 33.1 Å². The average Bonchev–Trinajstić information content (AvgIpc) is 2.41. The largest absolute Gasteiger partial charge is 0.379 e. The van der Waals surface area contributed by atoms with E-state index in [2.05, 4.69) is 41.5 Å². The van der Waals surface area contributed by atoms with E-state index in [1.165, 1.54) is 0 Å². The fourth-order valence-electron chi connectivity index (χ4n) is 2.03. The minimum absolute atomic E-state index is 0.0826. The lowest BCUT2D eigenvalue weighted by Gasteiger charge is -2.29. The van der Waals surface area contributed by atoms with Gasteiger partial charge in [0.1, 0.15) is 17.5 Å². The van der Waals surface area contributed by atoms with Crippen molar-refractivity contribution in [1.29, 1.82) is 0 Å². The summed E-state index contributed by atoms with van der Waals surface area (Å²) in [5, 5.41) is 5.29. The Hall–Kier alpha value is -1.40. The van der Waals surface area contributed by atoms with Crippen LogP contribution in [0.3, 0.4) is 0 Å². The summed E-state index contributed by atoms with van der Waals surface area (Å²) in [6, 6.07) is 0. The Morgan fingerprint density at radius 3 is 2.25 bits per heavy atom. The molecule has 0 amide bonds. The summed E-state index contributed by atoms with van der Waals surface area (Å²) in [5.74, 6) is 2.58. The Labute approximate surface area is 120 Å². The van der Waals surface area contributed by atoms with Gasteiger partial charge in [0.05, 0.1) is 13.2 Å². The van der Waals surface area contributed by atoms with Crippen LogP contribution < -0.4 is 10.7 Å². The quantitative estimate of drug-likeness (QED) is 0.879. The lowest BCUT2D eigenvalue weighted by molar-refractivity contribution is 0.0494. The molecule has 0 aliphatic carbocycles. The van der Waals surface area contributed by atoms with E-state index >= 15 is 0 Å². The number of ether oxygens (including phenoxy) is 1. The summed E-state index contributed by atoms with van der Waals surface area (Å²) in [6.45, 7) is 11.6. The van der Waals surface area contributed by atoms with Crippen LogP contribution in [0.5, 0.6) is 0 Å². The third kappa shape index (κ3) is 3.37. The van der Waals surface area contributed by atoms with E-state index in [0.717, 1.165) is 49.3 Å². The van der Waals surface area contributed by atoms with Crippen LogP contribution in [0.4, 0.5) is 11.6 Å². The van der Waals surface area contributed by atoms with Gasteiger partial charge in [0.2, 0.25) is 0 Å². The molecular weight excluding hydrogens is 254 g/mol. The molecular formula is C14H25N5O. The molecule has 6 nitrogen and oxygen atoms in total. The molecule has 1 aliphatic rings. The van der Waals surface area contributed by atoms with Gasteiger partial charge in [0.15, 0.2) is 0 Å². The fourth-order valence-corrected chi connectivity index (χ4v) is 2.03.